The molecular formula is C24H17N3O4S. The molecule has 0 aliphatic carbocycles. The molecule has 32 heavy (non-hydrogen) atoms. The number of thiazole rings is 1. The number of aliphatic hydroxyl groups is 1. The van der Waals surface area contributed by atoms with Crippen molar-refractivity contribution >= 4 is 39.8 Å². The van der Waals surface area contributed by atoms with Crippen LogP contribution >= 0.6 is 11.3 Å². The van der Waals surface area contributed by atoms with Gasteiger partial charge in [-0.15, -0.1) is 11.3 Å². The Labute approximate surface area is 187 Å². The van der Waals surface area contributed by atoms with Crippen LogP contribution in [0.2, 0.25) is 0 Å². The van der Waals surface area contributed by atoms with Crippen LogP contribution in [0.3, 0.4) is 0 Å². The lowest BCUT2D eigenvalue weighted by atomic mass is 10.1. The molecule has 0 radical (unpaired) electrons. The molecule has 3 heterocycles. The average molecular weight is 443 g/mol. The Balaban J connectivity index is 1.28. The molecule has 1 aliphatic heterocycles. The van der Waals surface area contributed by atoms with E-state index >= 15 is 0 Å². The van der Waals surface area contributed by atoms with Crippen LogP contribution in [0.5, 0.6) is 0 Å². The third-order valence-corrected chi connectivity index (χ3v) is 6.31. The highest BCUT2D eigenvalue weighted by molar-refractivity contribution is 7.11. The number of aliphatic hydroxyl groups excluding tert-OH is 1. The molecule has 1 atom stereocenters. The zero-order valence-corrected chi connectivity index (χ0v) is 17.6. The number of para-hydroxylation sites is 1. The van der Waals surface area contributed by atoms with Gasteiger partial charge in [-0.05, 0) is 24.3 Å². The van der Waals surface area contributed by atoms with E-state index in [0.717, 1.165) is 22.2 Å². The molecule has 2 aromatic carbocycles. The van der Waals surface area contributed by atoms with Crippen molar-refractivity contribution in [3.63, 3.8) is 0 Å². The first-order chi connectivity index (χ1) is 15.5. The SMILES string of the molecule is O=C(c1nc(CCN2C(=O)c3ccccc3C2=O)cs1)C(O)c1cnc2ccccc2c1. The topological polar surface area (TPSA) is 100 Å². The number of carbonyl (C=O) groups excluding carboxylic acids is 3. The Morgan fingerprint density at radius 1 is 1.03 bits per heavy atom. The summed E-state index contributed by atoms with van der Waals surface area (Å²) in [5, 5.41) is 13.3. The van der Waals surface area contributed by atoms with Crippen LogP contribution in [0.15, 0.2) is 66.2 Å². The number of hydrogen-bond acceptors (Lipinski definition) is 7. The van der Waals surface area contributed by atoms with E-state index in [-0.39, 0.29) is 23.4 Å². The molecule has 7 nitrogen and oxygen atoms in total. The summed E-state index contributed by atoms with van der Waals surface area (Å²) < 4.78 is 0. The van der Waals surface area contributed by atoms with Crippen LogP contribution in [0, 0.1) is 0 Å². The zero-order chi connectivity index (χ0) is 22.2. The predicted molar refractivity (Wildman–Crippen MR) is 119 cm³/mol. The van der Waals surface area contributed by atoms with E-state index in [9.17, 15) is 19.5 Å². The fourth-order valence-electron chi connectivity index (χ4n) is 3.71. The number of benzene rings is 2. The fraction of sp³-hybridized carbons (Fsp3) is 0.125. The van der Waals surface area contributed by atoms with Gasteiger partial charge in [-0.3, -0.25) is 24.3 Å². The monoisotopic (exact) mass is 443 g/mol. The predicted octanol–water partition coefficient (Wildman–Crippen LogP) is 3.45. The summed E-state index contributed by atoms with van der Waals surface area (Å²) in [6.45, 7) is 0.168. The number of aromatic nitrogens is 2. The van der Waals surface area contributed by atoms with Crippen molar-refractivity contribution in [2.45, 2.75) is 12.5 Å². The Morgan fingerprint density at radius 2 is 1.72 bits per heavy atom. The summed E-state index contributed by atoms with van der Waals surface area (Å²) >= 11 is 1.13. The minimum atomic E-state index is -1.37. The Bertz CT molecular complexity index is 1350. The number of ketones is 1. The lowest BCUT2D eigenvalue weighted by Gasteiger charge is -2.12. The van der Waals surface area contributed by atoms with E-state index in [1.54, 1.807) is 35.7 Å². The average Bonchev–Trinajstić information content (AvgIpc) is 3.40. The van der Waals surface area contributed by atoms with Gasteiger partial charge in [0.1, 0.15) is 6.10 Å². The van der Waals surface area contributed by atoms with Gasteiger partial charge in [-0.1, -0.05) is 30.3 Å². The van der Waals surface area contributed by atoms with Gasteiger partial charge in [0.05, 0.1) is 22.3 Å². The molecule has 0 bridgehead atoms. The molecule has 0 saturated heterocycles. The van der Waals surface area contributed by atoms with Crippen molar-refractivity contribution in [3.05, 3.63) is 93.6 Å². The smallest absolute Gasteiger partial charge is 0.261 e. The van der Waals surface area contributed by atoms with Gasteiger partial charge in [0.15, 0.2) is 5.01 Å². The van der Waals surface area contributed by atoms with Gasteiger partial charge in [0.25, 0.3) is 11.8 Å². The van der Waals surface area contributed by atoms with Gasteiger partial charge in [0.2, 0.25) is 5.78 Å². The van der Waals surface area contributed by atoms with Crippen LogP contribution < -0.4 is 0 Å². The van der Waals surface area contributed by atoms with Crippen molar-refractivity contribution in [1.82, 2.24) is 14.9 Å². The summed E-state index contributed by atoms with van der Waals surface area (Å²) in [6.07, 6.45) is 0.437. The first-order valence-corrected chi connectivity index (χ1v) is 10.9. The second-order valence-electron chi connectivity index (χ2n) is 7.43. The minimum absolute atomic E-state index is 0.168. The van der Waals surface area contributed by atoms with Crippen molar-refractivity contribution in [1.29, 1.82) is 0 Å². The first-order valence-electron chi connectivity index (χ1n) is 9.99. The van der Waals surface area contributed by atoms with Gasteiger partial charge < -0.3 is 5.11 Å². The molecule has 1 unspecified atom stereocenters. The molecule has 0 spiro atoms. The number of fused-ring (bicyclic) bond motifs is 2. The minimum Gasteiger partial charge on any atom is -0.380 e. The second kappa shape index (κ2) is 8.07. The maximum atomic E-state index is 12.8. The molecule has 5 rings (SSSR count). The summed E-state index contributed by atoms with van der Waals surface area (Å²) in [4.78, 5) is 47.5. The highest BCUT2D eigenvalue weighted by Gasteiger charge is 2.34. The van der Waals surface area contributed by atoms with Gasteiger partial charge >= 0.3 is 0 Å². The molecule has 158 valence electrons. The van der Waals surface area contributed by atoms with E-state index in [0.29, 0.717) is 28.8 Å². The van der Waals surface area contributed by atoms with Gasteiger partial charge in [-0.25, -0.2) is 4.98 Å². The highest BCUT2D eigenvalue weighted by atomic mass is 32.1. The second-order valence-corrected chi connectivity index (χ2v) is 8.29. The van der Waals surface area contributed by atoms with E-state index < -0.39 is 11.9 Å². The number of rotatable bonds is 6. The van der Waals surface area contributed by atoms with Crippen LogP contribution in [-0.2, 0) is 6.42 Å². The quantitative estimate of drug-likeness (QED) is 0.362. The molecule has 0 saturated carbocycles. The third kappa shape index (κ3) is 3.49. The number of hydrogen-bond donors (Lipinski definition) is 1. The van der Waals surface area contributed by atoms with Crippen LogP contribution in [0.1, 0.15) is 47.9 Å². The van der Waals surface area contributed by atoms with Crippen molar-refractivity contribution in [3.8, 4) is 0 Å². The van der Waals surface area contributed by atoms with Gasteiger partial charge in [0, 0.05) is 35.5 Å². The number of amides is 2. The summed E-state index contributed by atoms with van der Waals surface area (Å²) in [7, 11) is 0. The van der Waals surface area contributed by atoms with Crippen LogP contribution in [0.4, 0.5) is 0 Å². The lowest BCUT2D eigenvalue weighted by molar-refractivity contribution is 0.0654. The maximum absolute atomic E-state index is 12.8. The third-order valence-electron chi connectivity index (χ3n) is 5.41. The molecule has 4 aromatic rings. The lowest BCUT2D eigenvalue weighted by Crippen LogP contribution is -2.31. The molecule has 1 N–H and O–H groups in total. The summed E-state index contributed by atoms with van der Waals surface area (Å²) in [6, 6.07) is 15.9. The van der Waals surface area contributed by atoms with E-state index in [1.165, 1.54) is 11.1 Å². The van der Waals surface area contributed by atoms with Crippen molar-refractivity contribution < 1.29 is 19.5 Å². The maximum Gasteiger partial charge on any atom is 0.261 e. The highest BCUT2D eigenvalue weighted by Crippen LogP contribution is 2.25. The molecule has 2 aromatic heterocycles. The number of nitrogens with zero attached hydrogens (tertiary/aromatic N) is 3. The number of carbonyl (C=O) groups is 3. The summed E-state index contributed by atoms with van der Waals surface area (Å²) in [5.74, 6) is -1.16. The van der Waals surface area contributed by atoms with Crippen LogP contribution in [0.25, 0.3) is 10.9 Å². The number of pyridine rings is 1. The Kier molecular flexibility index (Phi) is 5.08. The Hall–Kier alpha value is -3.75. The van der Waals surface area contributed by atoms with Gasteiger partial charge in [-0.2, -0.15) is 0 Å². The summed E-state index contributed by atoms with van der Waals surface area (Å²) in [5.41, 5.74) is 2.56. The normalized spacial score (nSPS) is 14.1. The van der Waals surface area contributed by atoms with E-state index in [2.05, 4.69) is 9.97 Å². The van der Waals surface area contributed by atoms with E-state index in [1.807, 2.05) is 24.3 Å². The van der Waals surface area contributed by atoms with Crippen LogP contribution in [-0.4, -0.2) is 44.1 Å². The fourth-order valence-corrected chi connectivity index (χ4v) is 4.53. The van der Waals surface area contributed by atoms with Crippen molar-refractivity contribution in [2.75, 3.05) is 6.54 Å². The molecule has 8 heteroatoms. The standard InChI is InChI=1S/C24H17N3O4S/c28-20(15-11-14-5-1-4-8-19(14)25-12-15)21(29)22-26-16(13-32-22)9-10-27-23(30)17-6-2-3-7-18(17)24(27)31/h1-8,11-13,20,28H,9-10H2. The molecule has 2 amide bonds. The molecule has 0 fully saturated rings. The molecular weight excluding hydrogens is 426 g/mol. The number of Topliss-reactive ketones (excluding diaryl/α,β-unsaturated/α-hetero) is 1. The number of imide groups is 1. The van der Waals surface area contributed by atoms with E-state index in [4.69, 9.17) is 0 Å². The Morgan fingerprint density at radius 3 is 2.47 bits per heavy atom. The first kappa shape index (κ1) is 20.2. The largest absolute Gasteiger partial charge is 0.380 e. The van der Waals surface area contributed by atoms with Crippen molar-refractivity contribution in [2.24, 2.45) is 0 Å². The zero-order valence-electron chi connectivity index (χ0n) is 16.8. The molecule has 1 aliphatic rings.